The summed E-state index contributed by atoms with van der Waals surface area (Å²) in [6.07, 6.45) is -4.66. The number of nitrogens with one attached hydrogen (secondary N) is 1. The highest BCUT2D eigenvalue weighted by Gasteiger charge is 2.39. The van der Waals surface area contributed by atoms with Gasteiger partial charge in [-0.3, -0.25) is 4.68 Å². The van der Waals surface area contributed by atoms with Gasteiger partial charge < -0.3 is 10.1 Å². The molecule has 0 radical (unpaired) electrons. The number of halogens is 3. The van der Waals surface area contributed by atoms with E-state index in [0.29, 0.717) is 5.75 Å². The van der Waals surface area contributed by atoms with E-state index in [9.17, 15) is 13.2 Å². The predicted molar refractivity (Wildman–Crippen MR) is 73.2 cm³/mol. The number of alkyl halides is 3. The summed E-state index contributed by atoms with van der Waals surface area (Å²) in [4.78, 5) is 0. The van der Waals surface area contributed by atoms with Gasteiger partial charge in [-0.15, -0.1) is 0 Å². The summed E-state index contributed by atoms with van der Waals surface area (Å²) in [6, 6.07) is 8.60. The maximum absolute atomic E-state index is 12.8. The molecule has 0 fully saturated rings. The molecule has 0 spiro atoms. The van der Waals surface area contributed by atoms with Crippen LogP contribution in [0.4, 0.5) is 19.0 Å². The van der Waals surface area contributed by atoms with Crippen LogP contribution >= 0.6 is 0 Å². The molecule has 116 valence electrons. The molecule has 1 N–H and O–H groups in total. The minimum Gasteiger partial charge on any atom is -0.497 e. The summed E-state index contributed by atoms with van der Waals surface area (Å²) in [6.45, 7) is 0.259. The molecule has 0 bridgehead atoms. The maximum atomic E-state index is 12.8. The fraction of sp³-hybridized carbons (Fsp3) is 0.286. The zero-order valence-electron chi connectivity index (χ0n) is 11.9. The first-order valence-corrected chi connectivity index (χ1v) is 6.28. The molecule has 0 saturated carbocycles. The molecule has 0 aliphatic rings. The summed E-state index contributed by atoms with van der Waals surface area (Å²) in [5.74, 6) is 0.715. The van der Waals surface area contributed by atoms with Crippen molar-refractivity contribution < 1.29 is 17.9 Å². The molecule has 0 aliphatic heterocycles. The molecule has 0 atom stereocenters. The Bertz CT molecular complexity index is 699. The number of benzene rings is 1. The Kier molecular flexibility index (Phi) is 4.26. The number of aryl methyl sites for hydroxylation is 1. The van der Waals surface area contributed by atoms with Crippen LogP contribution in [-0.4, -0.2) is 16.9 Å². The number of hydrogen-bond donors (Lipinski definition) is 1. The van der Waals surface area contributed by atoms with E-state index in [1.54, 1.807) is 37.4 Å². The van der Waals surface area contributed by atoms with Crippen LogP contribution in [0.1, 0.15) is 16.8 Å². The van der Waals surface area contributed by atoms with Gasteiger partial charge in [-0.2, -0.15) is 23.5 Å². The normalized spacial score (nSPS) is 11.1. The van der Waals surface area contributed by atoms with E-state index in [2.05, 4.69) is 10.4 Å². The summed E-state index contributed by atoms with van der Waals surface area (Å²) in [5.41, 5.74) is -0.863. The fourth-order valence-corrected chi connectivity index (χ4v) is 1.96. The van der Waals surface area contributed by atoms with Gasteiger partial charge >= 0.3 is 6.18 Å². The van der Waals surface area contributed by atoms with Crippen LogP contribution in [0.5, 0.6) is 5.75 Å². The molecule has 1 aromatic heterocycles. The van der Waals surface area contributed by atoms with Crippen molar-refractivity contribution in [2.75, 3.05) is 12.4 Å². The first kappa shape index (κ1) is 15.7. The van der Waals surface area contributed by atoms with Gasteiger partial charge in [-0.1, -0.05) is 12.1 Å². The summed E-state index contributed by atoms with van der Waals surface area (Å²) in [5, 5.41) is 15.2. The third-order valence-electron chi connectivity index (χ3n) is 3.05. The minimum absolute atomic E-state index is 0.0330. The van der Waals surface area contributed by atoms with E-state index in [4.69, 9.17) is 10.00 Å². The molecule has 1 heterocycles. The van der Waals surface area contributed by atoms with E-state index in [1.807, 2.05) is 0 Å². The molecule has 0 amide bonds. The average molecular weight is 310 g/mol. The van der Waals surface area contributed by atoms with Crippen LogP contribution in [0.15, 0.2) is 24.3 Å². The monoisotopic (exact) mass is 310 g/mol. The second-order valence-corrected chi connectivity index (χ2v) is 4.51. The number of nitrogens with zero attached hydrogens (tertiary/aromatic N) is 3. The van der Waals surface area contributed by atoms with E-state index in [1.165, 1.54) is 7.05 Å². The molecule has 2 aromatic rings. The highest BCUT2D eigenvalue weighted by atomic mass is 19.4. The molecule has 0 unspecified atom stereocenters. The Morgan fingerprint density at radius 1 is 1.32 bits per heavy atom. The van der Waals surface area contributed by atoms with Crippen molar-refractivity contribution in [3.05, 3.63) is 41.1 Å². The van der Waals surface area contributed by atoms with E-state index < -0.39 is 17.4 Å². The number of anilines is 1. The van der Waals surface area contributed by atoms with Gasteiger partial charge in [0, 0.05) is 13.6 Å². The number of methoxy groups -OCH3 is 1. The fourth-order valence-electron chi connectivity index (χ4n) is 1.96. The van der Waals surface area contributed by atoms with Gasteiger partial charge in [0.05, 0.1) is 7.11 Å². The Balaban J connectivity index is 2.22. The Hall–Kier alpha value is -2.69. The molecule has 0 saturated heterocycles. The SMILES string of the molecule is COc1ccc(CNc2c(C#N)c(C(F)(F)F)nn2C)cc1. The predicted octanol–water partition coefficient (Wildman–Crippen LogP) is 2.93. The standard InChI is InChI=1S/C14H13F3N4O/c1-21-13(11(7-18)12(20-21)14(15,16)17)19-8-9-3-5-10(22-2)6-4-9/h3-6,19H,8H2,1-2H3. The van der Waals surface area contributed by atoms with Gasteiger partial charge in [0.25, 0.3) is 0 Å². The Morgan fingerprint density at radius 2 is 1.95 bits per heavy atom. The minimum atomic E-state index is -4.66. The summed E-state index contributed by atoms with van der Waals surface area (Å²) >= 11 is 0. The summed E-state index contributed by atoms with van der Waals surface area (Å²) in [7, 11) is 2.90. The maximum Gasteiger partial charge on any atom is 0.436 e. The van der Waals surface area contributed by atoms with Gasteiger partial charge in [0.15, 0.2) is 5.69 Å². The second kappa shape index (κ2) is 5.97. The lowest BCUT2D eigenvalue weighted by atomic mass is 10.2. The van der Waals surface area contributed by atoms with Crippen molar-refractivity contribution in [1.29, 1.82) is 5.26 Å². The van der Waals surface area contributed by atoms with E-state index in [0.717, 1.165) is 10.2 Å². The van der Waals surface area contributed by atoms with Crippen molar-refractivity contribution in [2.45, 2.75) is 12.7 Å². The number of aromatic nitrogens is 2. The number of nitriles is 1. The third kappa shape index (κ3) is 3.14. The molecule has 8 heteroatoms. The zero-order valence-corrected chi connectivity index (χ0v) is 11.9. The van der Waals surface area contributed by atoms with Crippen LogP contribution in [0.25, 0.3) is 0 Å². The molecule has 0 aliphatic carbocycles. The van der Waals surface area contributed by atoms with Gasteiger partial charge in [0.1, 0.15) is 23.2 Å². The van der Waals surface area contributed by atoms with Gasteiger partial charge in [-0.25, -0.2) is 0 Å². The lowest BCUT2D eigenvalue weighted by Crippen LogP contribution is -2.08. The first-order valence-electron chi connectivity index (χ1n) is 6.28. The topological polar surface area (TPSA) is 62.9 Å². The highest BCUT2D eigenvalue weighted by molar-refractivity contribution is 5.56. The lowest BCUT2D eigenvalue weighted by molar-refractivity contribution is -0.141. The largest absolute Gasteiger partial charge is 0.497 e. The van der Waals surface area contributed by atoms with E-state index in [-0.39, 0.29) is 12.4 Å². The molecule has 22 heavy (non-hydrogen) atoms. The number of rotatable bonds is 4. The quantitative estimate of drug-likeness (QED) is 0.943. The molecule has 1 aromatic carbocycles. The van der Waals surface area contributed by atoms with Crippen molar-refractivity contribution in [2.24, 2.45) is 7.05 Å². The Morgan fingerprint density at radius 3 is 2.45 bits per heavy atom. The first-order chi connectivity index (χ1) is 10.4. The van der Waals surface area contributed by atoms with E-state index >= 15 is 0 Å². The zero-order chi connectivity index (χ0) is 16.3. The van der Waals surface area contributed by atoms with Crippen LogP contribution in [0, 0.1) is 11.3 Å². The average Bonchev–Trinajstić information content (AvgIpc) is 2.82. The van der Waals surface area contributed by atoms with Crippen molar-refractivity contribution in [1.82, 2.24) is 9.78 Å². The van der Waals surface area contributed by atoms with Crippen LogP contribution in [-0.2, 0) is 19.8 Å². The molecular weight excluding hydrogens is 297 g/mol. The van der Waals surface area contributed by atoms with Crippen molar-refractivity contribution >= 4 is 5.82 Å². The third-order valence-corrected chi connectivity index (χ3v) is 3.05. The second-order valence-electron chi connectivity index (χ2n) is 4.51. The molecule has 2 rings (SSSR count). The van der Waals surface area contributed by atoms with Crippen molar-refractivity contribution in [3.63, 3.8) is 0 Å². The number of hydrogen-bond acceptors (Lipinski definition) is 4. The molecule has 5 nitrogen and oxygen atoms in total. The highest BCUT2D eigenvalue weighted by Crippen LogP contribution is 2.33. The Labute approximate surface area is 124 Å². The van der Waals surface area contributed by atoms with Crippen LogP contribution in [0.2, 0.25) is 0 Å². The van der Waals surface area contributed by atoms with Crippen molar-refractivity contribution in [3.8, 4) is 11.8 Å². The van der Waals surface area contributed by atoms with Gasteiger partial charge in [0.2, 0.25) is 0 Å². The number of ether oxygens (including phenoxy) is 1. The van der Waals surface area contributed by atoms with Crippen LogP contribution in [0.3, 0.4) is 0 Å². The van der Waals surface area contributed by atoms with Crippen LogP contribution < -0.4 is 10.1 Å². The lowest BCUT2D eigenvalue weighted by Gasteiger charge is -2.08. The molecular formula is C14H13F3N4O. The smallest absolute Gasteiger partial charge is 0.436 e. The van der Waals surface area contributed by atoms with Gasteiger partial charge in [-0.05, 0) is 17.7 Å². The summed E-state index contributed by atoms with van der Waals surface area (Å²) < 4.78 is 44.5.